The van der Waals surface area contributed by atoms with Crippen LogP contribution in [0.5, 0.6) is 0 Å². The Morgan fingerprint density at radius 2 is 2.21 bits per heavy atom. The van der Waals surface area contributed by atoms with Crippen molar-refractivity contribution in [2.45, 2.75) is 13.3 Å². The molecule has 0 aliphatic carbocycles. The minimum Gasteiger partial charge on any atom is -0.370 e. The zero-order chi connectivity index (χ0) is 10.2. The number of aliphatic imine (C=N–C) groups is 1. The van der Waals surface area contributed by atoms with E-state index in [1.807, 2.05) is 19.1 Å². The monoisotopic (exact) mass is 192 g/mol. The Morgan fingerprint density at radius 3 is 2.86 bits per heavy atom. The second-order valence-corrected chi connectivity index (χ2v) is 2.90. The third kappa shape index (κ3) is 3.89. The molecular weight excluding hydrogens is 176 g/mol. The number of aromatic nitrogens is 1. The van der Waals surface area contributed by atoms with Crippen LogP contribution in [0.3, 0.4) is 0 Å². The average Bonchev–Trinajstić information content (AvgIpc) is 2.20. The molecule has 0 radical (unpaired) electrons. The minimum atomic E-state index is 0.515. The fourth-order valence-corrected chi connectivity index (χ4v) is 1.09. The van der Waals surface area contributed by atoms with E-state index in [-0.39, 0.29) is 0 Å². The number of hydrogen-bond acceptors (Lipinski definition) is 2. The van der Waals surface area contributed by atoms with Crippen LogP contribution < -0.4 is 11.1 Å². The van der Waals surface area contributed by atoms with Crippen molar-refractivity contribution >= 4 is 5.96 Å². The topological polar surface area (TPSA) is 63.3 Å². The molecule has 0 saturated carbocycles. The summed E-state index contributed by atoms with van der Waals surface area (Å²) in [5.41, 5.74) is 6.80. The van der Waals surface area contributed by atoms with Gasteiger partial charge >= 0.3 is 0 Å². The molecule has 0 spiro atoms. The standard InChI is InChI=1S/C10H16N4/c1-2-13-10(11)14-8-5-9-3-6-12-7-4-9/h3-4,6-7H,2,5,8H2,1H3,(H3,11,13,14). The van der Waals surface area contributed by atoms with Crippen molar-refractivity contribution < 1.29 is 0 Å². The summed E-state index contributed by atoms with van der Waals surface area (Å²) in [5.74, 6) is 0.515. The van der Waals surface area contributed by atoms with Gasteiger partial charge in [-0.15, -0.1) is 0 Å². The maximum atomic E-state index is 5.57. The van der Waals surface area contributed by atoms with Crippen molar-refractivity contribution in [3.8, 4) is 0 Å². The van der Waals surface area contributed by atoms with E-state index in [0.29, 0.717) is 12.5 Å². The van der Waals surface area contributed by atoms with Gasteiger partial charge in [-0.05, 0) is 31.0 Å². The van der Waals surface area contributed by atoms with Crippen molar-refractivity contribution in [1.82, 2.24) is 10.3 Å². The molecule has 0 saturated heterocycles. The van der Waals surface area contributed by atoms with Crippen LogP contribution in [-0.4, -0.2) is 24.0 Å². The lowest BCUT2D eigenvalue weighted by Gasteiger charge is -2.01. The quantitative estimate of drug-likeness (QED) is 0.541. The van der Waals surface area contributed by atoms with E-state index >= 15 is 0 Å². The summed E-state index contributed by atoms with van der Waals surface area (Å²) < 4.78 is 0. The molecule has 4 heteroatoms. The second-order valence-electron chi connectivity index (χ2n) is 2.90. The van der Waals surface area contributed by atoms with E-state index in [4.69, 9.17) is 5.73 Å². The molecule has 4 nitrogen and oxygen atoms in total. The summed E-state index contributed by atoms with van der Waals surface area (Å²) >= 11 is 0. The Bertz CT molecular complexity index is 281. The Balaban J connectivity index is 2.31. The van der Waals surface area contributed by atoms with Gasteiger partial charge in [0, 0.05) is 25.5 Å². The Morgan fingerprint density at radius 1 is 1.50 bits per heavy atom. The maximum absolute atomic E-state index is 5.57. The lowest BCUT2D eigenvalue weighted by molar-refractivity contribution is 0.904. The van der Waals surface area contributed by atoms with Crippen molar-refractivity contribution in [1.29, 1.82) is 0 Å². The van der Waals surface area contributed by atoms with Gasteiger partial charge < -0.3 is 11.1 Å². The van der Waals surface area contributed by atoms with Gasteiger partial charge in [0.1, 0.15) is 0 Å². The van der Waals surface area contributed by atoms with E-state index in [1.165, 1.54) is 5.56 Å². The molecule has 0 atom stereocenters. The zero-order valence-electron chi connectivity index (χ0n) is 8.40. The van der Waals surface area contributed by atoms with Crippen LogP contribution in [0.2, 0.25) is 0 Å². The summed E-state index contributed by atoms with van der Waals surface area (Å²) in [6.45, 7) is 3.51. The zero-order valence-corrected chi connectivity index (χ0v) is 8.40. The highest BCUT2D eigenvalue weighted by atomic mass is 15.1. The van der Waals surface area contributed by atoms with Crippen LogP contribution in [0.15, 0.2) is 29.5 Å². The normalized spacial score (nSPS) is 11.4. The highest BCUT2D eigenvalue weighted by molar-refractivity contribution is 5.77. The lowest BCUT2D eigenvalue weighted by Crippen LogP contribution is -2.31. The Hall–Kier alpha value is -1.58. The highest BCUT2D eigenvalue weighted by Crippen LogP contribution is 1.96. The molecule has 0 aromatic carbocycles. The fraction of sp³-hybridized carbons (Fsp3) is 0.400. The Kier molecular flexibility index (Phi) is 4.47. The second kappa shape index (κ2) is 5.96. The lowest BCUT2D eigenvalue weighted by atomic mass is 10.2. The van der Waals surface area contributed by atoms with E-state index in [0.717, 1.165) is 13.0 Å². The number of nitrogens with two attached hydrogens (primary N) is 1. The number of hydrogen-bond donors (Lipinski definition) is 2. The average molecular weight is 192 g/mol. The van der Waals surface area contributed by atoms with Gasteiger partial charge in [-0.2, -0.15) is 0 Å². The summed E-state index contributed by atoms with van der Waals surface area (Å²) in [7, 11) is 0. The summed E-state index contributed by atoms with van der Waals surface area (Å²) in [6.07, 6.45) is 4.47. The van der Waals surface area contributed by atoms with Crippen molar-refractivity contribution in [3.05, 3.63) is 30.1 Å². The van der Waals surface area contributed by atoms with Gasteiger partial charge in [-0.3, -0.25) is 9.98 Å². The summed E-state index contributed by atoms with van der Waals surface area (Å²) in [4.78, 5) is 8.12. The van der Waals surface area contributed by atoms with Gasteiger partial charge in [0.15, 0.2) is 5.96 Å². The molecule has 0 amide bonds. The molecule has 3 N–H and O–H groups in total. The maximum Gasteiger partial charge on any atom is 0.188 e. The Labute approximate surface area is 84.3 Å². The molecule has 0 bridgehead atoms. The van der Waals surface area contributed by atoms with E-state index < -0.39 is 0 Å². The molecule has 0 aliphatic rings. The van der Waals surface area contributed by atoms with Gasteiger partial charge in [-0.1, -0.05) is 0 Å². The first-order valence-electron chi connectivity index (χ1n) is 4.75. The van der Waals surface area contributed by atoms with Crippen molar-refractivity contribution in [2.75, 3.05) is 13.1 Å². The third-order valence-electron chi connectivity index (χ3n) is 1.79. The number of nitrogens with zero attached hydrogens (tertiary/aromatic N) is 2. The molecule has 14 heavy (non-hydrogen) atoms. The molecular formula is C10H16N4. The van der Waals surface area contributed by atoms with Crippen LogP contribution in [0.4, 0.5) is 0 Å². The van der Waals surface area contributed by atoms with Crippen LogP contribution >= 0.6 is 0 Å². The SMILES string of the molecule is CCNC(N)=NCCc1ccncc1. The molecule has 0 aliphatic heterocycles. The number of guanidine groups is 1. The molecule has 1 heterocycles. The summed E-state index contributed by atoms with van der Waals surface area (Å²) in [6, 6.07) is 3.97. The molecule has 0 fully saturated rings. The molecule has 1 rings (SSSR count). The predicted octanol–water partition coefficient (Wildman–Crippen LogP) is 0.548. The van der Waals surface area contributed by atoms with Crippen molar-refractivity contribution in [2.24, 2.45) is 10.7 Å². The number of rotatable bonds is 4. The first-order chi connectivity index (χ1) is 6.83. The number of nitrogens with one attached hydrogen (secondary N) is 1. The van der Waals surface area contributed by atoms with Crippen molar-refractivity contribution in [3.63, 3.8) is 0 Å². The van der Waals surface area contributed by atoms with Gasteiger partial charge in [0.2, 0.25) is 0 Å². The summed E-state index contributed by atoms with van der Waals surface area (Å²) in [5, 5.41) is 2.95. The fourth-order valence-electron chi connectivity index (χ4n) is 1.09. The predicted molar refractivity (Wildman–Crippen MR) is 58.1 cm³/mol. The van der Waals surface area contributed by atoms with Crippen LogP contribution in [0.1, 0.15) is 12.5 Å². The highest BCUT2D eigenvalue weighted by Gasteiger charge is 1.91. The van der Waals surface area contributed by atoms with E-state index in [2.05, 4.69) is 15.3 Å². The van der Waals surface area contributed by atoms with Crippen LogP contribution in [0.25, 0.3) is 0 Å². The third-order valence-corrected chi connectivity index (χ3v) is 1.79. The minimum absolute atomic E-state index is 0.515. The van der Waals surface area contributed by atoms with Gasteiger partial charge in [-0.25, -0.2) is 0 Å². The van der Waals surface area contributed by atoms with Gasteiger partial charge in [0.05, 0.1) is 0 Å². The van der Waals surface area contributed by atoms with Crippen LogP contribution in [0, 0.1) is 0 Å². The smallest absolute Gasteiger partial charge is 0.188 e. The van der Waals surface area contributed by atoms with Gasteiger partial charge in [0.25, 0.3) is 0 Å². The number of pyridine rings is 1. The molecule has 1 aromatic rings. The van der Waals surface area contributed by atoms with E-state index in [1.54, 1.807) is 12.4 Å². The molecule has 1 aromatic heterocycles. The van der Waals surface area contributed by atoms with Crippen LogP contribution in [-0.2, 0) is 6.42 Å². The molecule has 76 valence electrons. The van der Waals surface area contributed by atoms with E-state index in [9.17, 15) is 0 Å². The first-order valence-corrected chi connectivity index (χ1v) is 4.75. The first kappa shape index (κ1) is 10.5. The molecule has 0 unspecified atom stereocenters. The largest absolute Gasteiger partial charge is 0.370 e.